The predicted molar refractivity (Wildman–Crippen MR) is 118 cm³/mol. The van der Waals surface area contributed by atoms with E-state index in [1.165, 1.54) is 17.0 Å². The number of carbonyl (C=O) groups excluding carboxylic acids is 1. The average molecular weight is 432 g/mol. The summed E-state index contributed by atoms with van der Waals surface area (Å²) in [4.78, 5) is 13.6. The molecule has 2 aromatic carbocycles. The summed E-state index contributed by atoms with van der Waals surface area (Å²) in [6.07, 6.45) is 7.84. The Morgan fingerprint density at radius 3 is 2.06 bits per heavy atom. The van der Waals surface area contributed by atoms with Crippen LogP contribution in [0.3, 0.4) is 0 Å². The lowest BCUT2D eigenvalue weighted by molar-refractivity contribution is -0.401. The molecule has 3 rings (SSSR count). The molecule has 2 aromatic rings. The highest BCUT2D eigenvalue weighted by atomic mass is 19.5. The van der Waals surface area contributed by atoms with Crippen LogP contribution in [0.1, 0.15) is 26.3 Å². The third kappa shape index (κ3) is 6.41. The molecule has 0 saturated carbocycles. The van der Waals surface area contributed by atoms with Gasteiger partial charge in [0, 0.05) is 36.5 Å². The second-order valence-corrected chi connectivity index (χ2v) is 7.51. The number of nitrogens with zero attached hydrogens (tertiary/aromatic N) is 2. The second kappa shape index (κ2) is 9.77. The highest BCUT2D eigenvalue weighted by Crippen LogP contribution is 2.38. The Morgan fingerprint density at radius 2 is 1.52 bits per heavy atom. The number of fused-ring (bicyclic) bond motifs is 1. The molecule has 0 radical (unpaired) electrons. The van der Waals surface area contributed by atoms with Gasteiger partial charge in [-0.3, -0.25) is 9.69 Å². The van der Waals surface area contributed by atoms with Gasteiger partial charge in [-0.15, -0.1) is 0 Å². The van der Waals surface area contributed by atoms with Gasteiger partial charge in [-0.2, -0.15) is 4.58 Å². The molecule has 1 heterocycles. The minimum absolute atomic E-state index is 0.0146. The normalized spacial score (nSPS) is 15.1. The highest BCUT2D eigenvalue weighted by molar-refractivity contribution is 6.50. The molecule has 0 bridgehead atoms. The van der Waals surface area contributed by atoms with Gasteiger partial charge < -0.3 is 17.3 Å². The van der Waals surface area contributed by atoms with E-state index in [4.69, 9.17) is 0 Å². The Morgan fingerprint density at radius 1 is 0.968 bits per heavy atom. The first-order chi connectivity index (χ1) is 14.4. The first kappa shape index (κ1) is 24.1. The fourth-order valence-electron chi connectivity index (χ4n) is 3.55. The molecular formula is C23H25BF4N2O. The maximum atomic E-state index is 11.9. The van der Waals surface area contributed by atoms with E-state index in [9.17, 15) is 22.1 Å². The summed E-state index contributed by atoms with van der Waals surface area (Å²) in [6.45, 7) is 6.05. The number of halogens is 4. The van der Waals surface area contributed by atoms with Crippen LogP contribution in [0.25, 0.3) is 0 Å². The molecule has 1 amide bonds. The van der Waals surface area contributed by atoms with E-state index < -0.39 is 7.25 Å². The van der Waals surface area contributed by atoms with E-state index in [1.807, 2.05) is 48.7 Å². The summed E-state index contributed by atoms with van der Waals surface area (Å²) in [5, 5.41) is 0. The minimum Gasteiger partial charge on any atom is -0.418 e. The van der Waals surface area contributed by atoms with Crippen LogP contribution in [0.2, 0.25) is 0 Å². The van der Waals surface area contributed by atoms with Crippen LogP contribution in [0.15, 0.2) is 79.0 Å². The number of hydrogen-bond acceptors (Lipinski definition) is 1. The van der Waals surface area contributed by atoms with E-state index in [2.05, 4.69) is 55.8 Å². The fourth-order valence-corrected chi connectivity index (χ4v) is 3.55. The van der Waals surface area contributed by atoms with Crippen molar-refractivity contribution in [3.05, 3.63) is 84.6 Å². The average Bonchev–Trinajstić information content (AvgIpc) is 2.87. The largest absolute Gasteiger partial charge is 0.673 e. The van der Waals surface area contributed by atoms with Gasteiger partial charge in [0.05, 0.1) is 5.41 Å². The molecule has 1 aliphatic rings. The Labute approximate surface area is 180 Å². The standard InChI is InChI=1S/C23H25N2O.BF4/c1-18(26)25(19-12-6-5-7-13-19)17-11-10-16-22-23(2,3)20-14-8-9-15-21(20)24(22)4;2-1(3,4)5/h5-17H,1-4H3;/q+1;-1. The van der Waals surface area contributed by atoms with Crippen molar-refractivity contribution in [1.29, 1.82) is 0 Å². The van der Waals surface area contributed by atoms with Gasteiger partial charge in [0.2, 0.25) is 11.6 Å². The predicted octanol–water partition coefficient (Wildman–Crippen LogP) is 6.12. The van der Waals surface area contributed by atoms with Gasteiger partial charge in [0.25, 0.3) is 0 Å². The molecule has 0 spiro atoms. The number of amides is 1. The van der Waals surface area contributed by atoms with Crippen molar-refractivity contribution >= 4 is 30.2 Å². The summed E-state index contributed by atoms with van der Waals surface area (Å²) >= 11 is 0. The first-order valence-electron chi connectivity index (χ1n) is 9.70. The van der Waals surface area contributed by atoms with Crippen LogP contribution in [0.4, 0.5) is 28.6 Å². The molecule has 0 aromatic heterocycles. The maximum absolute atomic E-state index is 11.9. The van der Waals surface area contributed by atoms with Crippen LogP contribution in [0, 0.1) is 0 Å². The lowest BCUT2D eigenvalue weighted by Gasteiger charge is -2.16. The number of carbonyl (C=O) groups is 1. The molecule has 0 unspecified atom stereocenters. The lowest BCUT2D eigenvalue weighted by Crippen LogP contribution is -2.26. The molecule has 1 aliphatic heterocycles. The van der Waals surface area contributed by atoms with Crippen molar-refractivity contribution in [1.82, 2.24) is 0 Å². The van der Waals surface area contributed by atoms with Crippen molar-refractivity contribution in [2.24, 2.45) is 0 Å². The maximum Gasteiger partial charge on any atom is 0.673 e. The van der Waals surface area contributed by atoms with E-state index in [1.54, 1.807) is 11.8 Å². The Balaban J connectivity index is 0.000000614. The van der Waals surface area contributed by atoms with Crippen molar-refractivity contribution in [3.8, 4) is 0 Å². The molecule has 164 valence electrons. The molecule has 31 heavy (non-hydrogen) atoms. The number of hydrogen-bond donors (Lipinski definition) is 0. The smallest absolute Gasteiger partial charge is 0.418 e. The van der Waals surface area contributed by atoms with Crippen LogP contribution in [-0.4, -0.2) is 30.5 Å². The summed E-state index contributed by atoms with van der Waals surface area (Å²) in [5.41, 5.74) is 4.63. The molecule has 0 aliphatic carbocycles. The second-order valence-electron chi connectivity index (χ2n) is 7.51. The topological polar surface area (TPSA) is 23.3 Å². The first-order valence-corrected chi connectivity index (χ1v) is 9.70. The van der Waals surface area contributed by atoms with Crippen molar-refractivity contribution in [3.63, 3.8) is 0 Å². The molecular weight excluding hydrogens is 407 g/mol. The molecule has 0 N–H and O–H groups in total. The summed E-state index contributed by atoms with van der Waals surface area (Å²) < 4.78 is 41.2. The molecule has 0 atom stereocenters. The zero-order valence-corrected chi connectivity index (χ0v) is 17.9. The monoisotopic (exact) mass is 432 g/mol. The van der Waals surface area contributed by atoms with E-state index >= 15 is 0 Å². The third-order valence-corrected chi connectivity index (χ3v) is 4.91. The number of para-hydroxylation sites is 2. The Hall–Kier alpha value is -3.16. The number of benzene rings is 2. The molecule has 0 fully saturated rings. The minimum atomic E-state index is -6.00. The Kier molecular flexibility index (Phi) is 7.60. The van der Waals surface area contributed by atoms with Gasteiger partial charge in [-0.1, -0.05) is 42.5 Å². The quantitative estimate of drug-likeness (QED) is 0.247. The lowest BCUT2D eigenvalue weighted by atomic mass is 9.81. The number of rotatable bonds is 4. The summed E-state index contributed by atoms with van der Waals surface area (Å²) in [7, 11) is -3.90. The number of allylic oxidation sites excluding steroid dienone is 3. The zero-order chi connectivity index (χ0) is 23.2. The van der Waals surface area contributed by atoms with Gasteiger partial charge in [0.15, 0.2) is 5.71 Å². The van der Waals surface area contributed by atoms with Crippen molar-refractivity contribution < 1.29 is 26.6 Å². The Bertz CT molecular complexity index is 1010. The van der Waals surface area contributed by atoms with Gasteiger partial charge in [0.1, 0.15) is 7.05 Å². The number of anilines is 1. The van der Waals surface area contributed by atoms with Gasteiger partial charge >= 0.3 is 7.25 Å². The van der Waals surface area contributed by atoms with Crippen LogP contribution in [-0.2, 0) is 10.2 Å². The third-order valence-electron chi connectivity index (χ3n) is 4.91. The van der Waals surface area contributed by atoms with Crippen LogP contribution in [0.5, 0.6) is 0 Å². The molecule has 3 nitrogen and oxygen atoms in total. The van der Waals surface area contributed by atoms with Crippen LogP contribution >= 0.6 is 0 Å². The van der Waals surface area contributed by atoms with E-state index in [0.29, 0.717) is 0 Å². The fraction of sp³-hybridized carbons (Fsp3) is 0.217. The molecule has 8 heteroatoms. The van der Waals surface area contributed by atoms with Crippen molar-refractivity contribution in [2.75, 3.05) is 11.9 Å². The van der Waals surface area contributed by atoms with Crippen LogP contribution < -0.4 is 4.90 Å². The van der Waals surface area contributed by atoms with Gasteiger partial charge in [-0.25, -0.2) is 0 Å². The summed E-state index contributed by atoms with van der Waals surface area (Å²) in [6, 6.07) is 18.2. The van der Waals surface area contributed by atoms with E-state index in [0.717, 1.165) is 5.69 Å². The van der Waals surface area contributed by atoms with Crippen molar-refractivity contribution in [2.45, 2.75) is 26.2 Å². The highest BCUT2D eigenvalue weighted by Gasteiger charge is 2.42. The molecule has 0 saturated heterocycles. The van der Waals surface area contributed by atoms with Gasteiger partial charge in [-0.05, 0) is 32.1 Å². The van der Waals surface area contributed by atoms with E-state index in [-0.39, 0.29) is 11.3 Å². The zero-order valence-electron chi connectivity index (χ0n) is 17.9. The summed E-state index contributed by atoms with van der Waals surface area (Å²) in [5.74, 6) is -0.0146. The SMILES string of the molecule is CC(=O)N(/C=C/C=C/C1=[N+](C)c2ccccc2C1(C)C)c1ccccc1.F[B-](F)(F)F.